The van der Waals surface area contributed by atoms with E-state index >= 15 is 0 Å². The summed E-state index contributed by atoms with van der Waals surface area (Å²) >= 11 is 0. The number of aromatic nitrogens is 1. The lowest BCUT2D eigenvalue weighted by molar-refractivity contribution is 0.573. The summed E-state index contributed by atoms with van der Waals surface area (Å²) in [4.78, 5) is 6.79. The number of hydrogen-bond acceptors (Lipinski definition) is 2. The van der Waals surface area contributed by atoms with E-state index in [4.69, 9.17) is 0 Å². The Labute approximate surface area is 85.3 Å². The number of hydrogen-bond donors (Lipinski definition) is 0. The van der Waals surface area contributed by atoms with E-state index in [0.717, 1.165) is 24.5 Å². The maximum absolute atomic E-state index is 4.43. The first-order chi connectivity index (χ1) is 6.92. The molecule has 74 valence electrons. The molecule has 0 amide bonds. The summed E-state index contributed by atoms with van der Waals surface area (Å²) in [5.41, 5.74) is 1.15. The van der Waals surface area contributed by atoms with Crippen molar-refractivity contribution >= 4 is 11.9 Å². The molecule has 2 nitrogen and oxygen atoms in total. The summed E-state index contributed by atoms with van der Waals surface area (Å²) in [5, 5.41) is 0. The van der Waals surface area contributed by atoms with Gasteiger partial charge >= 0.3 is 0 Å². The van der Waals surface area contributed by atoms with Crippen LogP contribution in [0.5, 0.6) is 0 Å². The number of anilines is 1. The fourth-order valence-electron chi connectivity index (χ4n) is 1.94. The molecule has 0 spiro atoms. The summed E-state index contributed by atoms with van der Waals surface area (Å²) < 4.78 is 0. The molecule has 0 bridgehead atoms. The molecule has 0 N–H and O–H groups in total. The molecule has 1 fully saturated rings. The summed E-state index contributed by atoms with van der Waals surface area (Å²) in [6, 6.07) is 4.04. The van der Waals surface area contributed by atoms with E-state index in [1.807, 2.05) is 18.3 Å². The van der Waals surface area contributed by atoms with Gasteiger partial charge < -0.3 is 4.90 Å². The average molecular weight is 188 g/mol. The molecule has 0 atom stereocenters. The minimum absolute atomic E-state index is 1.10. The van der Waals surface area contributed by atoms with Gasteiger partial charge in [-0.3, -0.25) is 0 Å². The maximum atomic E-state index is 4.43. The van der Waals surface area contributed by atoms with E-state index in [2.05, 4.69) is 22.5 Å². The van der Waals surface area contributed by atoms with Gasteiger partial charge in [0.05, 0.1) is 0 Å². The van der Waals surface area contributed by atoms with Gasteiger partial charge in [0.2, 0.25) is 0 Å². The van der Waals surface area contributed by atoms with E-state index < -0.39 is 0 Å². The molecular weight excluding hydrogens is 172 g/mol. The topological polar surface area (TPSA) is 16.1 Å². The summed E-state index contributed by atoms with van der Waals surface area (Å²) in [7, 11) is 0. The fraction of sp³-hybridized carbons (Fsp3) is 0.417. The van der Waals surface area contributed by atoms with Gasteiger partial charge in [-0.15, -0.1) is 0 Å². The third kappa shape index (κ3) is 1.79. The van der Waals surface area contributed by atoms with Gasteiger partial charge in [0.15, 0.2) is 0 Å². The van der Waals surface area contributed by atoms with Crippen LogP contribution in [0.2, 0.25) is 0 Å². The molecule has 0 radical (unpaired) electrons. The second-order valence-electron chi connectivity index (χ2n) is 3.67. The molecule has 2 rings (SSSR count). The highest BCUT2D eigenvalue weighted by Crippen LogP contribution is 2.21. The molecule has 1 aliphatic rings. The Hall–Kier alpha value is -1.31. The minimum atomic E-state index is 1.10. The highest BCUT2D eigenvalue weighted by Gasteiger charge is 2.13. The monoisotopic (exact) mass is 188 g/mol. The van der Waals surface area contributed by atoms with E-state index in [9.17, 15) is 0 Å². The zero-order chi connectivity index (χ0) is 9.80. The zero-order valence-electron chi connectivity index (χ0n) is 8.45. The van der Waals surface area contributed by atoms with E-state index in [-0.39, 0.29) is 0 Å². The zero-order valence-corrected chi connectivity index (χ0v) is 8.45. The third-order valence-corrected chi connectivity index (χ3v) is 2.69. The Bertz CT molecular complexity index is 314. The van der Waals surface area contributed by atoms with Gasteiger partial charge in [-0.1, -0.05) is 12.7 Å². The van der Waals surface area contributed by atoms with Gasteiger partial charge in [0, 0.05) is 24.8 Å². The minimum Gasteiger partial charge on any atom is -0.356 e. The largest absolute Gasteiger partial charge is 0.356 e. The molecule has 0 aliphatic carbocycles. The number of piperidine rings is 1. The van der Waals surface area contributed by atoms with Crippen LogP contribution in [0, 0.1) is 0 Å². The summed E-state index contributed by atoms with van der Waals surface area (Å²) in [6.45, 7) is 6.09. The van der Waals surface area contributed by atoms with Crippen LogP contribution >= 0.6 is 0 Å². The van der Waals surface area contributed by atoms with Gasteiger partial charge in [-0.25, -0.2) is 4.98 Å². The Balaban J connectivity index is 2.24. The molecular formula is C12H16N2. The molecule has 2 heteroatoms. The molecule has 1 aromatic rings. The van der Waals surface area contributed by atoms with Gasteiger partial charge in [-0.2, -0.15) is 0 Å². The van der Waals surface area contributed by atoms with Crippen LogP contribution < -0.4 is 4.90 Å². The van der Waals surface area contributed by atoms with Crippen LogP contribution in [0.25, 0.3) is 6.08 Å². The normalized spacial score (nSPS) is 16.7. The molecule has 1 aromatic heterocycles. The van der Waals surface area contributed by atoms with Crippen LogP contribution in [0.1, 0.15) is 24.8 Å². The number of pyridine rings is 1. The van der Waals surface area contributed by atoms with Crippen molar-refractivity contribution in [3.05, 3.63) is 30.5 Å². The maximum Gasteiger partial charge on any atom is 0.135 e. The van der Waals surface area contributed by atoms with Crippen LogP contribution in [0.4, 0.5) is 5.82 Å². The quantitative estimate of drug-likeness (QED) is 0.709. The van der Waals surface area contributed by atoms with Gasteiger partial charge in [-0.05, 0) is 31.4 Å². The Morgan fingerprint density at radius 1 is 1.29 bits per heavy atom. The van der Waals surface area contributed by atoms with Crippen molar-refractivity contribution in [2.24, 2.45) is 0 Å². The van der Waals surface area contributed by atoms with Crippen molar-refractivity contribution in [1.29, 1.82) is 0 Å². The first-order valence-electron chi connectivity index (χ1n) is 5.24. The fourth-order valence-corrected chi connectivity index (χ4v) is 1.94. The predicted octanol–water partition coefficient (Wildman–Crippen LogP) is 2.71. The van der Waals surface area contributed by atoms with Crippen molar-refractivity contribution in [2.75, 3.05) is 18.0 Å². The first kappa shape index (κ1) is 9.25. The lowest BCUT2D eigenvalue weighted by Gasteiger charge is -2.28. The van der Waals surface area contributed by atoms with Crippen molar-refractivity contribution in [3.63, 3.8) is 0 Å². The predicted molar refractivity (Wildman–Crippen MR) is 60.4 cm³/mol. The molecule has 14 heavy (non-hydrogen) atoms. The Morgan fingerprint density at radius 3 is 2.79 bits per heavy atom. The SMILES string of the molecule is C=Cc1cccnc1N1CCCCC1. The lowest BCUT2D eigenvalue weighted by atomic mass is 10.1. The highest BCUT2D eigenvalue weighted by molar-refractivity contribution is 5.62. The average Bonchev–Trinajstić information content (AvgIpc) is 2.30. The van der Waals surface area contributed by atoms with Crippen molar-refractivity contribution in [2.45, 2.75) is 19.3 Å². The first-order valence-corrected chi connectivity index (χ1v) is 5.24. The molecule has 0 saturated carbocycles. The summed E-state index contributed by atoms with van der Waals surface area (Å²) in [5.74, 6) is 1.10. The van der Waals surface area contributed by atoms with Crippen LogP contribution in [0.15, 0.2) is 24.9 Å². The third-order valence-electron chi connectivity index (χ3n) is 2.69. The van der Waals surface area contributed by atoms with Crippen LogP contribution in [-0.4, -0.2) is 18.1 Å². The smallest absolute Gasteiger partial charge is 0.135 e. The van der Waals surface area contributed by atoms with Gasteiger partial charge in [0.25, 0.3) is 0 Å². The lowest BCUT2D eigenvalue weighted by Crippen LogP contribution is -2.30. The van der Waals surface area contributed by atoms with Crippen LogP contribution in [0.3, 0.4) is 0 Å². The van der Waals surface area contributed by atoms with Crippen molar-refractivity contribution in [3.8, 4) is 0 Å². The molecule has 1 saturated heterocycles. The molecule has 1 aliphatic heterocycles. The van der Waals surface area contributed by atoms with Crippen molar-refractivity contribution in [1.82, 2.24) is 4.98 Å². The van der Waals surface area contributed by atoms with E-state index in [1.54, 1.807) is 0 Å². The Kier molecular flexibility index (Phi) is 2.82. The standard InChI is InChI=1S/C12H16N2/c1-2-11-7-6-8-13-12(11)14-9-4-3-5-10-14/h2,6-8H,1,3-5,9-10H2. The Morgan fingerprint density at radius 2 is 2.07 bits per heavy atom. The summed E-state index contributed by atoms with van der Waals surface area (Å²) in [6.07, 6.45) is 7.67. The second-order valence-corrected chi connectivity index (χ2v) is 3.67. The molecule has 0 aromatic carbocycles. The molecule has 2 heterocycles. The van der Waals surface area contributed by atoms with Crippen molar-refractivity contribution < 1.29 is 0 Å². The number of rotatable bonds is 2. The molecule has 0 unspecified atom stereocenters. The second kappa shape index (κ2) is 4.27. The highest BCUT2D eigenvalue weighted by atomic mass is 15.2. The number of nitrogens with zero attached hydrogens (tertiary/aromatic N) is 2. The van der Waals surface area contributed by atoms with Gasteiger partial charge in [0.1, 0.15) is 5.82 Å². The van der Waals surface area contributed by atoms with E-state index in [1.165, 1.54) is 19.3 Å². The van der Waals surface area contributed by atoms with E-state index in [0.29, 0.717) is 0 Å². The van der Waals surface area contributed by atoms with Crippen LogP contribution in [-0.2, 0) is 0 Å².